The molecule has 3 aliphatic rings. The van der Waals surface area contributed by atoms with Crippen LogP contribution in [-0.2, 0) is 19.0 Å². The molecule has 0 radical (unpaired) electrons. The predicted octanol–water partition coefficient (Wildman–Crippen LogP) is 2.96. The summed E-state index contributed by atoms with van der Waals surface area (Å²) in [4.78, 5) is 12.2. The van der Waals surface area contributed by atoms with Gasteiger partial charge in [-0.1, -0.05) is 38.3 Å². The van der Waals surface area contributed by atoms with Gasteiger partial charge in [-0.05, 0) is 19.3 Å². The van der Waals surface area contributed by atoms with Crippen molar-refractivity contribution < 1.29 is 19.0 Å². The van der Waals surface area contributed by atoms with Gasteiger partial charge in [0.2, 0.25) is 6.29 Å². The van der Waals surface area contributed by atoms with Crippen LogP contribution in [0, 0.1) is 5.92 Å². The SMILES string of the molecule is CCC(OC(=O)C1CC2C=CC1O2)OC1CCCCC1. The largest absolute Gasteiger partial charge is 0.435 e. The number of ether oxygens (including phenoxy) is 3. The summed E-state index contributed by atoms with van der Waals surface area (Å²) < 4.78 is 17.1. The van der Waals surface area contributed by atoms with Gasteiger partial charge in [-0.15, -0.1) is 0 Å². The first-order valence-corrected chi connectivity index (χ1v) is 7.96. The zero-order valence-corrected chi connectivity index (χ0v) is 12.1. The van der Waals surface area contributed by atoms with Crippen molar-refractivity contribution in [3.63, 3.8) is 0 Å². The van der Waals surface area contributed by atoms with Crippen LogP contribution in [0.4, 0.5) is 0 Å². The number of esters is 1. The van der Waals surface area contributed by atoms with Crippen LogP contribution in [-0.4, -0.2) is 30.6 Å². The Morgan fingerprint density at radius 3 is 2.70 bits per heavy atom. The van der Waals surface area contributed by atoms with E-state index in [1.54, 1.807) is 0 Å². The third kappa shape index (κ3) is 3.07. The first kappa shape index (κ1) is 14.1. The fourth-order valence-corrected chi connectivity index (χ4v) is 3.34. The maximum atomic E-state index is 12.2. The minimum absolute atomic E-state index is 0.0836. The van der Waals surface area contributed by atoms with E-state index in [9.17, 15) is 4.79 Å². The molecule has 0 aromatic carbocycles. The molecule has 4 unspecified atom stereocenters. The Kier molecular flexibility index (Phi) is 4.41. The van der Waals surface area contributed by atoms with Crippen molar-refractivity contribution in [3.8, 4) is 0 Å². The molecule has 1 saturated heterocycles. The Morgan fingerprint density at radius 2 is 2.10 bits per heavy atom. The Labute approximate surface area is 120 Å². The smallest absolute Gasteiger partial charge is 0.314 e. The summed E-state index contributed by atoms with van der Waals surface area (Å²) in [5, 5.41) is 0. The molecule has 0 N–H and O–H groups in total. The summed E-state index contributed by atoms with van der Waals surface area (Å²) in [6.45, 7) is 2.00. The van der Waals surface area contributed by atoms with Crippen LogP contribution in [0.15, 0.2) is 12.2 Å². The van der Waals surface area contributed by atoms with Gasteiger partial charge in [0.05, 0.1) is 24.2 Å². The molecule has 4 heteroatoms. The van der Waals surface area contributed by atoms with Crippen LogP contribution in [0.1, 0.15) is 51.9 Å². The van der Waals surface area contributed by atoms with Gasteiger partial charge in [-0.25, -0.2) is 0 Å². The first-order chi connectivity index (χ1) is 9.76. The van der Waals surface area contributed by atoms with Crippen molar-refractivity contribution in [2.75, 3.05) is 0 Å². The van der Waals surface area contributed by atoms with Crippen molar-refractivity contribution in [2.45, 2.75) is 76.5 Å². The summed E-state index contributed by atoms with van der Waals surface area (Å²) in [5.41, 5.74) is 0. The lowest BCUT2D eigenvalue weighted by Gasteiger charge is -2.27. The third-order valence-corrected chi connectivity index (χ3v) is 4.51. The molecule has 20 heavy (non-hydrogen) atoms. The summed E-state index contributed by atoms with van der Waals surface area (Å²) in [6.07, 6.45) is 11.3. The number of fused-ring (bicyclic) bond motifs is 2. The van der Waals surface area contributed by atoms with Crippen LogP contribution in [0.2, 0.25) is 0 Å². The Balaban J connectivity index is 1.49. The molecule has 4 atom stereocenters. The average molecular weight is 280 g/mol. The minimum Gasteiger partial charge on any atom is -0.435 e. The lowest BCUT2D eigenvalue weighted by Crippen LogP contribution is -2.33. The number of rotatable bonds is 5. The second kappa shape index (κ2) is 6.27. The van der Waals surface area contributed by atoms with Gasteiger partial charge in [-0.3, -0.25) is 4.79 Å². The molecular formula is C16H24O4. The van der Waals surface area contributed by atoms with Gasteiger partial charge < -0.3 is 14.2 Å². The molecule has 1 aliphatic carbocycles. The molecule has 112 valence electrons. The highest BCUT2D eigenvalue weighted by Gasteiger charge is 2.42. The fraction of sp³-hybridized carbons (Fsp3) is 0.812. The minimum atomic E-state index is -0.395. The fourth-order valence-electron chi connectivity index (χ4n) is 3.34. The van der Waals surface area contributed by atoms with Crippen LogP contribution >= 0.6 is 0 Å². The highest BCUT2D eigenvalue weighted by atomic mass is 16.7. The molecule has 0 amide bonds. The molecule has 4 nitrogen and oxygen atoms in total. The number of carbonyl (C=O) groups excluding carboxylic acids is 1. The molecule has 1 saturated carbocycles. The molecule has 2 fully saturated rings. The van der Waals surface area contributed by atoms with Gasteiger partial charge in [0.15, 0.2) is 0 Å². The summed E-state index contributed by atoms with van der Waals surface area (Å²) in [6, 6.07) is 0. The second-order valence-corrected chi connectivity index (χ2v) is 6.04. The molecule has 2 heterocycles. The molecular weight excluding hydrogens is 256 g/mol. The van der Waals surface area contributed by atoms with E-state index in [2.05, 4.69) is 0 Å². The van der Waals surface area contributed by atoms with Crippen molar-refractivity contribution >= 4 is 5.97 Å². The van der Waals surface area contributed by atoms with Crippen molar-refractivity contribution in [1.29, 1.82) is 0 Å². The maximum absolute atomic E-state index is 12.2. The van der Waals surface area contributed by atoms with E-state index in [-0.39, 0.29) is 30.2 Å². The highest BCUT2D eigenvalue weighted by Crippen LogP contribution is 2.35. The van der Waals surface area contributed by atoms with Gasteiger partial charge >= 0.3 is 5.97 Å². The summed E-state index contributed by atoms with van der Waals surface area (Å²) >= 11 is 0. The van der Waals surface area contributed by atoms with E-state index in [4.69, 9.17) is 14.2 Å². The third-order valence-electron chi connectivity index (χ3n) is 4.51. The number of carbonyl (C=O) groups is 1. The summed E-state index contributed by atoms with van der Waals surface area (Å²) in [7, 11) is 0. The zero-order valence-electron chi connectivity index (χ0n) is 12.1. The predicted molar refractivity (Wildman–Crippen MR) is 74.0 cm³/mol. The van der Waals surface area contributed by atoms with Crippen LogP contribution < -0.4 is 0 Å². The van der Waals surface area contributed by atoms with E-state index < -0.39 is 6.29 Å². The van der Waals surface area contributed by atoms with Crippen molar-refractivity contribution in [3.05, 3.63) is 12.2 Å². The zero-order chi connectivity index (χ0) is 13.9. The van der Waals surface area contributed by atoms with Crippen molar-refractivity contribution in [2.24, 2.45) is 5.92 Å². The Morgan fingerprint density at radius 1 is 1.30 bits per heavy atom. The van der Waals surface area contributed by atoms with Crippen LogP contribution in [0.3, 0.4) is 0 Å². The van der Waals surface area contributed by atoms with Crippen LogP contribution in [0.5, 0.6) is 0 Å². The van der Waals surface area contributed by atoms with E-state index in [1.165, 1.54) is 19.3 Å². The van der Waals surface area contributed by atoms with Gasteiger partial charge in [0.1, 0.15) is 0 Å². The second-order valence-electron chi connectivity index (χ2n) is 6.04. The van der Waals surface area contributed by atoms with Gasteiger partial charge in [-0.2, -0.15) is 0 Å². The van der Waals surface area contributed by atoms with E-state index >= 15 is 0 Å². The molecule has 0 aromatic heterocycles. The number of hydrogen-bond donors (Lipinski definition) is 0. The average Bonchev–Trinajstić information content (AvgIpc) is 3.10. The quantitative estimate of drug-likeness (QED) is 0.441. The monoisotopic (exact) mass is 280 g/mol. The molecule has 2 bridgehead atoms. The normalized spacial score (nSPS) is 34.4. The van der Waals surface area contributed by atoms with E-state index in [1.807, 2.05) is 19.1 Å². The molecule has 0 spiro atoms. The van der Waals surface area contributed by atoms with Gasteiger partial charge in [0, 0.05) is 6.42 Å². The standard InChI is InChI=1S/C16H24O4/c1-2-15(19-11-6-4-3-5-7-11)20-16(17)13-10-12-8-9-14(13)18-12/h8-9,11-15H,2-7,10H2,1H3. The van der Waals surface area contributed by atoms with Crippen molar-refractivity contribution in [1.82, 2.24) is 0 Å². The Bertz CT molecular complexity index is 373. The summed E-state index contributed by atoms with van der Waals surface area (Å²) in [5.74, 6) is -0.307. The first-order valence-electron chi connectivity index (χ1n) is 7.96. The topological polar surface area (TPSA) is 44.8 Å². The van der Waals surface area contributed by atoms with E-state index in [0.29, 0.717) is 6.42 Å². The van der Waals surface area contributed by atoms with Gasteiger partial charge in [0.25, 0.3) is 0 Å². The number of hydrogen-bond acceptors (Lipinski definition) is 4. The van der Waals surface area contributed by atoms with E-state index in [0.717, 1.165) is 19.3 Å². The highest BCUT2D eigenvalue weighted by molar-refractivity contribution is 5.74. The lowest BCUT2D eigenvalue weighted by molar-refractivity contribution is -0.198. The maximum Gasteiger partial charge on any atom is 0.314 e. The van der Waals surface area contributed by atoms with Crippen LogP contribution in [0.25, 0.3) is 0 Å². The Hall–Kier alpha value is -0.870. The molecule has 2 aliphatic heterocycles. The molecule has 3 rings (SSSR count). The lowest BCUT2D eigenvalue weighted by atomic mass is 9.94. The molecule has 0 aromatic rings.